The summed E-state index contributed by atoms with van der Waals surface area (Å²) in [6.45, 7) is 7.23. The molecule has 2 aromatic heterocycles. The molecule has 7 nitrogen and oxygen atoms in total. The van der Waals surface area contributed by atoms with Crippen LogP contribution in [0.3, 0.4) is 0 Å². The molecule has 0 bridgehead atoms. The molecule has 0 aliphatic carbocycles. The highest BCUT2D eigenvalue weighted by atomic mass is 32.1. The van der Waals surface area contributed by atoms with Crippen molar-refractivity contribution in [3.05, 3.63) is 57.0 Å². The van der Waals surface area contributed by atoms with Crippen LogP contribution in [0.15, 0.2) is 35.4 Å². The minimum absolute atomic E-state index is 0.146. The van der Waals surface area contributed by atoms with Gasteiger partial charge in [-0.2, -0.15) is 0 Å². The Kier molecular flexibility index (Phi) is 5.60. The SMILES string of the molecule is Cc1sc2ncn(CC(=O)Nc3ccc(C(=O)OC(C)C)cc3)c(=O)c2c1C. The zero-order valence-corrected chi connectivity index (χ0v) is 16.9. The molecule has 0 saturated heterocycles. The Labute approximate surface area is 166 Å². The molecule has 0 radical (unpaired) electrons. The van der Waals surface area contributed by atoms with Gasteiger partial charge in [0.1, 0.15) is 11.4 Å². The topological polar surface area (TPSA) is 90.3 Å². The first-order chi connectivity index (χ1) is 13.3. The Morgan fingerprint density at radius 1 is 1.21 bits per heavy atom. The van der Waals surface area contributed by atoms with Crippen molar-refractivity contribution in [3.63, 3.8) is 0 Å². The average Bonchev–Trinajstić information content (AvgIpc) is 2.92. The quantitative estimate of drug-likeness (QED) is 0.665. The fourth-order valence-corrected chi connectivity index (χ4v) is 3.70. The lowest BCUT2D eigenvalue weighted by molar-refractivity contribution is -0.116. The number of rotatable bonds is 5. The van der Waals surface area contributed by atoms with Crippen LogP contribution in [0.1, 0.15) is 34.6 Å². The summed E-state index contributed by atoms with van der Waals surface area (Å²) in [5, 5.41) is 3.28. The lowest BCUT2D eigenvalue weighted by atomic mass is 10.2. The monoisotopic (exact) mass is 399 g/mol. The summed E-state index contributed by atoms with van der Waals surface area (Å²) in [6, 6.07) is 6.39. The molecule has 0 fully saturated rings. The number of thiophene rings is 1. The first-order valence-corrected chi connectivity index (χ1v) is 9.64. The number of ether oxygens (including phenoxy) is 1. The van der Waals surface area contributed by atoms with Crippen LogP contribution in [0.25, 0.3) is 10.2 Å². The summed E-state index contributed by atoms with van der Waals surface area (Å²) in [5.74, 6) is -0.773. The van der Waals surface area contributed by atoms with E-state index >= 15 is 0 Å². The summed E-state index contributed by atoms with van der Waals surface area (Å²) < 4.78 is 6.42. The number of nitrogens with one attached hydrogen (secondary N) is 1. The Bertz CT molecular complexity index is 1100. The number of benzene rings is 1. The van der Waals surface area contributed by atoms with Gasteiger partial charge in [0.05, 0.1) is 23.4 Å². The van der Waals surface area contributed by atoms with Crippen molar-refractivity contribution in [1.82, 2.24) is 9.55 Å². The van der Waals surface area contributed by atoms with Crippen LogP contribution in [-0.2, 0) is 16.1 Å². The van der Waals surface area contributed by atoms with Gasteiger partial charge in [-0.05, 0) is 57.5 Å². The van der Waals surface area contributed by atoms with E-state index in [1.54, 1.807) is 38.1 Å². The molecular weight excluding hydrogens is 378 g/mol. The van der Waals surface area contributed by atoms with Crippen LogP contribution in [0.2, 0.25) is 0 Å². The highest BCUT2D eigenvalue weighted by Crippen LogP contribution is 2.25. The summed E-state index contributed by atoms with van der Waals surface area (Å²) in [4.78, 5) is 42.9. The number of esters is 1. The van der Waals surface area contributed by atoms with Crippen LogP contribution < -0.4 is 10.9 Å². The zero-order valence-electron chi connectivity index (χ0n) is 16.1. The number of aromatic nitrogens is 2. The molecule has 0 aliphatic rings. The zero-order chi connectivity index (χ0) is 20.4. The van der Waals surface area contributed by atoms with Crippen molar-refractivity contribution < 1.29 is 14.3 Å². The Morgan fingerprint density at radius 3 is 2.54 bits per heavy atom. The summed E-state index contributed by atoms with van der Waals surface area (Å²) >= 11 is 1.47. The molecular formula is C20H21N3O4S. The van der Waals surface area contributed by atoms with E-state index in [-0.39, 0.29) is 24.1 Å². The lowest BCUT2D eigenvalue weighted by Crippen LogP contribution is -2.27. The number of carbonyl (C=O) groups excluding carboxylic acids is 2. The van der Waals surface area contributed by atoms with Crippen molar-refractivity contribution in [2.45, 2.75) is 40.3 Å². The van der Waals surface area contributed by atoms with E-state index in [1.807, 2.05) is 13.8 Å². The molecule has 28 heavy (non-hydrogen) atoms. The number of aryl methyl sites for hydroxylation is 2. The number of hydrogen-bond donors (Lipinski definition) is 1. The molecule has 1 amide bonds. The minimum Gasteiger partial charge on any atom is -0.459 e. The van der Waals surface area contributed by atoms with E-state index < -0.39 is 5.97 Å². The van der Waals surface area contributed by atoms with E-state index in [2.05, 4.69) is 10.3 Å². The molecule has 146 valence electrons. The van der Waals surface area contributed by atoms with Gasteiger partial charge in [0.2, 0.25) is 5.91 Å². The minimum atomic E-state index is -0.416. The van der Waals surface area contributed by atoms with Crippen molar-refractivity contribution in [3.8, 4) is 0 Å². The largest absolute Gasteiger partial charge is 0.459 e. The maximum atomic E-state index is 12.7. The number of amides is 1. The van der Waals surface area contributed by atoms with Crippen molar-refractivity contribution in [2.24, 2.45) is 0 Å². The molecule has 2 heterocycles. The third-order valence-corrected chi connectivity index (χ3v) is 5.33. The van der Waals surface area contributed by atoms with Gasteiger partial charge in [-0.15, -0.1) is 11.3 Å². The number of nitrogens with zero attached hydrogens (tertiary/aromatic N) is 2. The van der Waals surface area contributed by atoms with E-state index in [4.69, 9.17) is 4.74 Å². The van der Waals surface area contributed by atoms with Crippen LogP contribution in [0.4, 0.5) is 5.69 Å². The number of anilines is 1. The molecule has 3 rings (SSSR count). The molecule has 8 heteroatoms. The third kappa shape index (κ3) is 4.12. The number of hydrogen-bond acceptors (Lipinski definition) is 6. The molecule has 1 N–H and O–H groups in total. The summed E-state index contributed by atoms with van der Waals surface area (Å²) in [7, 11) is 0. The van der Waals surface area contributed by atoms with Gasteiger partial charge in [-0.3, -0.25) is 14.2 Å². The van der Waals surface area contributed by atoms with Gasteiger partial charge < -0.3 is 10.1 Å². The Hall–Kier alpha value is -3.00. The summed E-state index contributed by atoms with van der Waals surface area (Å²) in [6.07, 6.45) is 1.19. The van der Waals surface area contributed by atoms with E-state index in [1.165, 1.54) is 22.2 Å². The van der Waals surface area contributed by atoms with Gasteiger partial charge in [0.15, 0.2) is 0 Å². The van der Waals surface area contributed by atoms with Gasteiger partial charge in [-0.25, -0.2) is 9.78 Å². The van der Waals surface area contributed by atoms with Gasteiger partial charge in [-0.1, -0.05) is 0 Å². The van der Waals surface area contributed by atoms with Crippen LogP contribution in [-0.4, -0.2) is 27.5 Å². The van der Waals surface area contributed by atoms with Crippen LogP contribution in [0.5, 0.6) is 0 Å². The third-order valence-electron chi connectivity index (χ3n) is 4.22. The van der Waals surface area contributed by atoms with Crippen molar-refractivity contribution >= 4 is 39.1 Å². The molecule has 0 unspecified atom stereocenters. The fourth-order valence-electron chi connectivity index (χ4n) is 2.71. The molecule has 0 spiro atoms. The Morgan fingerprint density at radius 2 is 1.89 bits per heavy atom. The molecule has 0 saturated carbocycles. The maximum Gasteiger partial charge on any atom is 0.338 e. The maximum absolute atomic E-state index is 12.7. The van der Waals surface area contributed by atoms with E-state index in [9.17, 15) is 14.4 Å². The first-order valence-electron chi connectivity index (χ1n) is 8.82. The smallest absolute Gasteiger partial charge is 0.338 e. The normalized spacial score (nSPS) is 11.0. The second kappa shape index (κ2) is 7.93. The lowest BCUT2D eigenvalue weighted by Gasteiger charge is -2.09. The highest BCUT2D eigenvalue weighted by molar-refractivity contribution is 7.18. The van der Waals surface area contributed by atoms with Gasteiger partial charge in [0, 0.05) is 10.6 Å². The Balaban J connectivity index is 1.71. The second-order valence-corrected chi connectivity index (χ2v) is 7.92. The first kappa shape index (κ1) is 19.8. The molecule has 0 aliphatic heterocycles. The van der Waals surface area contributed by atoms with E-state index in [0.29, 0.717) is 21.5 Å². The summed E-state index contributed by atoms with van der Waals surface area (Å²) in [5.41, 5.74) is 1.60. The average molecular weight is 399 g/mol. The standard InChI is InChI=1S/C20H21N3O4S/c1-11(2)27-20(26)14-5-7-15(8-6-14)22-16(24)9-23-10-21-18-17(19(23)25)12(3)13(4)28-18/h5-8,10-11H,9H2,1-4H3,(H,22,24). The number of carbonyl (C=O) groups is 2. The fraction of sp³-hybridized carbons (Fsp3) is 0.300. The number of fused-ring (bicyclic) bond motifs is 1. The van der Waals surface area contributed by atoms with Crippen LogP contribution >= 0.6 is 11.3 Å². The molecule has 1 aromatic carbocycles. The molecule has 0 atom stereocenters. The van der Waals surface area contributed by atoms with Crippen molar-refractivity contribution in [2.75, 3.05) is 5.32 Å². The molecule has 3 aromatic rings. The highest BCUT2D eigenvalue weighted by Gasteiger charge is 2.14. The van der Waals surface area contributed by atoms with Crippen molar-refractivity contribution in [1.29, 1.82) is 0 Å². The van der Waals surface area contributed by atoms with Crippen LogP contribution in [0, 0.1) is 13.8 Å². The predicted octanol–water partition coefficient (Wildman–Crippen LogP) is 3.28. The second-order valence-electron chi connectivity index (χ2n) is 6.72. The predicted molar refractivity (Wildman–Crippen MR) is 109 cm³/mol. The van der Waals surface area contributed by atoms with E-state index in [0.717, 1.165) is 10.4 Å². The van der Waals surface area contributed by atoms with Gasteiger partial charge in [0.25, 0.3) is 5.56 Å². The van der Waals surface area contributed by atoms with Gasteiger partial charge >= 0.3 is 5.97 Å².